The smallest absolute Gasteiger partial charge is 0.408 e. The first-order chi connectivity index (χ1) is 23.8. The van der Waals surface area contributed by atoms with E-state index in [-0.39, 0.29) is 37.7 Å². The third-order valence-corrected chi connectivity index (χ3v) is 7.94. The lowest BCUT2D eigenvalue weighted by molar-refractivity contribution is -0.146. The molecule has 51 heavy (non-hydrogen) atoms. The number of nitrogens with one attached hydrogen (secondary N) is 5. The van der Waals surface area contributed by atoms with Gasteiger partial charge in [-0.2, -0.15) is 0 Å². The van der Waals surface area contributed by atoms with E-state index in [4.69, 9.17) is 9.47 Å². The molecular formula is C38H55N5O8. The van der Waals surface area contributed by atoms with Gasteiger partial charge in [0.15, 0.2) is 0 Å². The minimum absolute atomic E-state index is 0.0213. The lowest BCUT2D eigenvalue weighted by atomic mass is 9.96. The van der Waals surface area contributed by atoms with Gasteiger partial charge in [0.1, 0.15) is 35.8 Å². The van der Waals surface area contributed by atoms with Gasteiger partial charge in [-0.15, -0.1) is 0 Å². The largest absolute Gasteiger partial charge is 0.467 e. The second-order valence-corrected chi connectivity index (χ2v) is 14.5. The molecule has 13 nitrogen and oxygen atoms in total. The Morgan fingerprint density at radius 1 is 0.608 bits per heavy atom. The van der Waals surface area contributed by atoms with E-state index in [9.17, 15) is 28.8 Å². The number of hydrogen-bond donors (Lipinski definition) is 5. The van der Waals surface area contributed by atoms with E-state index in [1.165, 1.54) is 34.8 Å². The zero-order chi connectivity index (χ0) is 38.4. The molecule has 2 aromatic carbocycles. The van der Waals surface area contributed by atoms with Gasteiger partial charge in [0.25, 0.3) is 0 Å². The van der Waals surface area contributed by atoms with Crippen molar-refractivity contribution >= 4 is 35.7 Å². The summed E-state index contributed by atoms with van der Waals surface area (Å²) in [6, 6.07) is 15.1. The van der Waals surface area contributed by atoms with Gasteiger partial charge in [0, 0.05) is 6.42 Å². The fourth-order valence-corrected chi connectivity index (χ4v) is 5.08. The highest BCUT2D eigenvalue weighted by atomic mass is 16.5. The Morgan fingerprint density at radius 2 is 1.02 bits per heavy atom. The third kappa shape index (κ3) is 14.4. The van der Waals surface area contributed by atoms with Crippen molar-refractivity contribution in [3.05, 3.63) is 71.8 Å². The summed E-state index contributed by atoms with van der Waals surface area (Å²) in [4.78, 5) is 79.2. The average Bonchev–Trinajstić information content (AvgIpc) is 3.06. The van der Waals surface area contributed by atoms with Crippen LogP contribution >= 0.6 is 0 Å². The maximum Gasteiger partial charge on any atom is 0.408 e. The topological polar surface area (TPSA) is 181 Å². The van der Waals surface area contributed by atoms with Crippen molar-refractivity contribution in [3.63, 3.8) is 0 Å². The number of benzene rings is 2. The maximum atomic E-state index is 13.6. The lowest BCUT2D eigenvalue weighted by Crippen LogP contribution is -2.64. The Kier molecular flexibility index (Phi) is 16.1. The van der Waals surface area contributed by atoms with Crippen molar-refractivity contribution in [1.29, 1.82) is 0 Å². The van der Waals surface area contributed by atoms with Crippen LogP contribution in [0, 0.1) is 11.8 Å². The van der Waals surface area contributed by atoms with Gasteiger partial charge in [0.05, 0.1) is 7.11 Å². The average molecular weight is 710 g/mol. The Bertz CT molecular complexity index is 1480. The fraction of sp³-hybridized carbons (Fsp3) is 0.526. The van der Waals surface area contributed by atoms with Crippen molar-refractivity contribution < 1.29 is 38.2 Å². The van der Waals surface area contributed by atoms with E-state index >= 15 is 0 Å². The molecule has 0 aromatic heterocycles. The first-order valence-electron chi connectivity index (χ1n) is 17.2. The molecule has 3 atom stereocenters. The van der Waals surface area contributed by atoms with Crippen molar-refractivity contribution in [2.75, 3.05) is 7.11 Å². The van der Waals surface area contributed by atoms with E-state index in [1.807, 2.05) is 88.4 Å². The van der Waals surface area contributed by atoms with Crippen LogP contribution in [0.1, 0.15) is 79.4 Å². The van der Waals surface area contributed by atoms with Crippen molar-refractivity contribution in [2.45, 2.75) is 110 Å². The normalized spacial score (nSPS) is 13.3. The highest BCUT2D eigenvalue weighted by Crippen LogP contribution is 2.14. The summed E-state index contributed by atoms with van der Waals surface area (Å²) in [5, 5.41) is 13.4. The zero-order valence-electron chi connectivity index (χ0n) is 31.3. The Labute approximate surface area is 301 Å². The van der Waals surface area contributed by atoms with Crippen LogP contribution in [-0.2, 0) is 46.5 Å². The summed E-state index contributed by atoms with van der Waals surface area (Å²) in [6.07, 6.45) is -0.0940. The number of carbonyl (C=O) groups is 6. The van der Waals surface area contributed by atoms with Crippen molar-refractivity contribution in [2.24, 2.45) is 11.8 Å². The SMILES string of the molecule is COC(=O)[C@H](Cc1ccccc1)NC(=O)C(C)(C)NC(=O)[C@H](CC(C)C)NC(=O)C(C)(C)NC(=O)[C@H](CC(C)C)NC(=O)OCc1ccccc1. The molecule has 0 bridgehead atoms. The number of amides is 5. The van der Waals surface area contributed by atoms with Gasteiger partial charge in [-0.25, -0.2) is 9.59 Å². The monoisotopic (exact) mass is 709 g/mol. The molecule has 0 radical (unpaired) electrons. The van der Waals surface area contributed by atoms with E-state index in [0.717, 1.165) is 11.1 Å². The van der Waals surface area contributed by atoms with E-state index < -0.39 is 64.9 Å². The first kappa shape index (κ1) is 42.2. The number of methoxy groups -OCH3 is 1. The summed E-state index contributed by atoms with van der Waals surface area (Å²) in [5.74, 6) is -3.16. The molecule has 0 aliphatic carbocycles. The standard InChI is InChI=1S/C38H55N5O8/c1-24(2)20-28(31(44)42-38(7,8)35(48)40-30(33(46)50-9)22-26-16-12-10-13-17-26)39-34(47)37(5,6)43-32(45)29(21-25(3)4)41-36(49)51-23-27-18-14-11-15-19-27/h10-19,24-25,28-30H,20-23H2,1-9H3,(H,39,47)(H,40,48)(H,41,49)(H,42,44)(H,43,45)/t28-,29-,30-/m0/s1. The molecule has 0 aliphatic heterocycles. The molecule has 0 aliphatic rings. The van der Waals surface area contributed by atoms with Gasteiger partial charge in [0.2, 0.25) is 23.6 Å². The maximum absolute atomic E-state index is 13.6. The Morgan fingerprint density at radius 3 is 1.45 bits per heavy atom. The summed E-state index contributed by atoms with van der Waals surface area (Å²) in [7, 11) is 1.23. The van der Waals surface area contributed by atoms with Gasteiger partial charge in [-0.1, -0.05) is 88.4 Å². The number of esters is 1. The highest BCUT2D eigenvalue weighted by molar-refractivity contribution is 5.98. The van der Waals surface area contributed by atoms with Gasteiger partial charge in [-0.05, 0) is 63.5 Å². The van der Waals surface area contributed by atoms with Crippen LogP contribution < -0.4 is 26.6 Å². The van der Waals surface area contributed by atoms with Crippen LogP contribution in [0.15, 0.2) is 60.7 Å². The molecule has 0 unspecified atom stereocenters. The quantitative estimate of drug-likeness (QED) is 0.146. The molecule has 2 rings (SSSR count). The summed E-state index contributed by atoms with van der Waals surface area (Å²) in [5.41, 5.74) is -1.41. The second-order valence-electron chi connectivity index (χ2n) is 14.5. The minimum Gasteiger partial charge on any atom is -0.467 e. The van der Waals surface area contributed by atoms with Crippen LogP contribution in [0.2, 0.25) is 0 Å². The van der Waals surface area contributed by atoms with Crippen LogP contribution in [-0.4, -0.2) is 72.0 Å². The fourth-order valence-electron chi connectivity index (χ4n) is 5.08. The zero-order valence-corrected chi connectivity index (χ0v) is 31.3. The Hall–Kier alpha value is -4.94. The van der Waals surface area contributed by atoms with Gasteiger partial charge < -0.3 is 36.1 Å². The van der Waals surface area contributed by atoms with Crippen LogP contribution in [0.4, 0.5) is 4.79 Å². The van der Waals surface area contributed by atoms with Crippen LogP contribution in [0.5, 0.6) is 0 Å². The molecule has 0 fully saturated rings. The molecule has 5 N–H and O–H groups in total. The summed E-state index contributed by atoms with van der Waals surface area (Å²) < 4.78 is 10.2. The number of hydrogen-bond acceptors (Lipinski definition) is 8. The lowest BCUT2D eigenvalue weighted by Gasteiger charge is -2.32. The van der Waals surface area contributed by atoms with E-state index in [2.05, 4.69) is 26.6 Å². The van der Waals surface area contributed by atoms with Crippen molar-refractivity contribution in [3.8, 4) is 0 Å². The third-order valence-electron chi connectivity index (χ3n) is 7.94. The van der Waals surface area contributed by atoms with Gasteiger partial charge >= 0.3 is 12.1 Å². The molecule has 0 spiro atoms. The van der Waals surface area contributed by atoms with E-state index in [1.54, 1.807) is 0 Å². The van der Waals surface area contributed by atoms with Crippen LogP contribution in [0.3, 0.4) is 0 Å². The molecule has 280 valence electrons. The molecule has 2 aromatic rings. The summed E-state index contributed by atoms with van der Waals surface area (Å²) >= 11 is 0. The first-order valence-corrected chi connectivity index (χ1v) is 17.2. The Balaban J connectivity index is 2.11. The number of ether oxygens (including phenoxy) is 2. The summed E-state index contributed by atoms with van der Waals surface area (Å²) in [6.45, 7) is 13.5. The molecule has 0 saturated carbocycles. The van der Waals surface area contributed by atoms with E-state index in [0.29, 0.717) is 0 Å². The second kappa shape index (κ2) is 19.5. The molecule has 0 saturated heterocycles. The molecule has 0 heterocycles. The predicted molar refractivity (Wildman–Crippen MR) is 193 cm³/mol. The number of alkyl carbamates (subject to hydrolysis) is 1. The predicted octanol–water partition coefficient (Wildman–Crippen LogP) is 3.55. The van der Waals surface area contributed by atoms with Gasteiger partial charge in [-0.3, -0.25) is 19.2 Å². The van der Waals surface area contributed by atoms with Crippen LogP contribution in [0.25, 0.3) is 0 Å². The molecule has 13 heteroatoms. The molecule has 5 amide bonds. The highest BCUT2D eigenvalue weighted by Gasteiger charge is 2.38. The molecular weight excluding hydrogens is 654 g/mol. The minimum atomic E-state index is -1.50. The number of rotatable bonds is 18. The number of carbonyl (C=O) groups excluding carboxylic acids is 6. The van der Waals surface area contributed by atoms with Crippen molar-refractivity contribution in [1.82, 2.24) is 26.6 Å².